The molecule has 2 aromatic carbocycles. The third-order valence-corrected chi connectivity index (χ3v) is 4.51. The molecule has 0 aliphatic heterocycles. The molecule has 0 saturated carbocycles. The Bertz CT molecular complexity index is 388. The van der Waals surface area contributed by atoms with Crippen LogP contribution in [-0.2, 0) is 0 Å². The molecule has 0 nitrogen and oxygen atoms in total. The molecular formula is C15H17ClSi. The van der Waals surface area contributed by atoms with E-state index in [0.717, 1.165) is 0 Å². The summed E-state index contributed by atoms with van der Waals surface area (Å²) in [5.74, 6) is 0.503. The van der Waals surface area contributed by atoms with Crippen molar-refractivity contribution in [2.24, 2.45) is 0 Å². The van der Waals surface area contributed by atoms with Gasteiger partial charge in [0.2, 0.25) is 0 Å². The molecule has 0 N–H and O–H groups in total. The van der Waals surface area contributed by atoms with Gasteiger partial charge in [0.25, 0.3) is 0 Å². The van der Waals surface area contributed by atoms with Gasteiger partial charge in [-0.3, -0.25) is 0 Å². The zero-order valence-electron chi connectivity index (χ0n) is 9.85. The maximum atomic E-state index is 5.96. The van der Waals surface area contributed by atoms with Gasteiger partial charge in [0.1, 0.15) is 8.83 Å². The van der Waals surface area contributed by atoms with E-state index < -0.39 is 0 Å². The third kappa shape index (κ3) is 3.45. The van der Waals surface area contributed by atoms with Crippen LogP contribution >= 0.6 is 11.1 Å². The molecule has 0 amide bonds. The number of halogens is 1. The lowest BCUT2D eigenvalue weighted by atomic mass is 9.89. The quantitative estimate of drug-likeness (QED) is 0.564. The first-order valence-electron chi connectivity index (χ1n) is 6.07. The van der Waals surface area contributed by atoms with Gasteiger partial charge in [0, 0.05) is 5.92 Å². The lowest BCUT2D eigenvalue weighted by molar-refractivity contribution is 0.775. The van der Waals surface area contributed by atoms with E-state index in [9.17, 15) is 0 Å². The molecule has 0 unspecified atom stereocenters. The van der Waals surface area contributed by atoms with Gasteiger partial charge in [-0.05, 0) is 23.6 Å². The van der Waals surface area contributed by atoms with Crippen molar-refractivity contribution in [1.29, 1.82) is 0 Å². The number of rotatable bonds is 5. The Morgan fingerprint density at radius 1 is 0.824 bits per heavy atom. The Balaban J connectivity index is 2.26. The second-order valence-electron chi connectivity index (χ2n) is 4.21. The Labute approximate surface area is 110 Å². The fourth-order valence-corrected chi connectivity index (χ4v) is 3.20. The van der Waals surface area contributed by atoms with Crippen LogP contribution in [-0.4, -0.2) is 8.83 Å². The van der Waals surface area contributed by atoms with E-state index in [0.29, 0.717) is 5.92 Å². The molecule has 88 valence electrons. The van der Waals surface area contributed by atoms with E-state index in [4.69, 9.17) is 11.1 Å². The monoisotopic (exact) mass is 260 g/mol. The molecule has 17 heavy (non-hydrogen) atoms. The molecule has 0 aliphatic carbocycles. The topological polar surface area (TPSA) is 0 Å². The first kappa shape index (κ1) is 12.4. The highest BCUT2D eigenvalue weighted by molar-refractivity contribution is 6.93. The minimum absolute atomic E-state index is 0.366. The van der Waals surface area contributed by atoms with Crippen LogP contribution in [0.2, 0.25) is 6.04 Å². The van der Waals surface area contributed by atoms with Crippen molar-refractivity contribution in [2.75, 3.05) is 0 Å². The highest BCUT2D eigenvalue weighted by Crippen LogP contribution is 2.29. The van der Waals surface area contributed by atoms with Gasteiger partial charge >= 0.3 is 0 Å². The average Bonchev–Trinajstić information content (AvgIpc) is 2.42. The smallest absolute Gasteiger partial charge is 0.125 e. The normalized spacial score (nSPS) is 11.4. The van der Waals surface area contributed by atoms with Gasteiger partial charge in [-0.1, -0.05) is 60.7 Å². The summed E-state index contributed by atoms with van der Waals surface area (Å²) in [6, 6.07) is 22.7. The molecule has 0 aromatic heterocycles. The van der Waals surface area contributed by atoms with Crippen LogP contribution in [0.25, 0.3) is 0 Å². The maximum absolute atomic E-state index is 5.96. The fraction of sp³-hybridized carbons (Fsp3) is 0.200. The SMILES string of the molecule is Cl[SiH2]CCC(c1ccccc1)c1ccccc1. The second-order valence-corrected chi connectivity index (χ2v) is 6.42. The van der Waals surface area contributed by atoms with E-state index in [-0.39, 0.29) is 8.83 Å². The van der Waals surface area contributed by atoms with Gasteiger partial charge in [-0.2, -0.15) is 11.1 Å². The highest BCUT2D eigenvalue weighted by atomic mass is 35.6. The summed E-state index contributed by atoms with van der Waals surface area (Å²) < 4.78 is 0. The van der Waals surface area contributed by atoms with Crippen molar-refractivity contribution in [3.8, 4) is 0 Å². The predicted octanol–water partition coefficient (Wildman–Crippen LogP) is 3.95. The van der Waals surface area contributed by atoms with Crippen molar-refractivity contribution in [3.05, 3.63) is 71.8 Å². The first-order valence-corrected chi connectivity index (χ1v) is 9.21. The number of benzene rings is 2. The lowest BCUT2D eigenvalue weighted by Gasteiger charge is -2.17. The molecule has 0 bridgehead atoms. The minimum atomic E-state index is -0.366. The molecule has 0 fully saturated rings. The summed E-state index contributed by atoms with van der Waals surface area (Å²) in [7, 11) is -0.366. The molecule has 0 radical (unpaired) electrons. The summed E-state index contributed by atoms with van der Waals surface area (Å²) >= 11 is 5.96. The summed E-state index contributed by atoms with van der Waals surface area (Å²) in [6.07, 6.45) is 1.17. The van der Waals surface area contributed by atoms with E-state index in [1.807, 2.05) is 0 Å². The fourth-order valence-electron chi connectivity index (χ4n) is 2.18. The van der Waals surface area contributed by atoms with Gasteiger partial charge < -0.3 is 0 Å². The molecule has 0 saturated heterocycles. The molecule has 0 spiro atoms. The van der Waals surface area contributed by atoms with Crippen LogP contribution in [0.3, 0.4) is 0 Å². The van der Waals surface area contributed by atoms with Crippen molar-refractivity contribution < 1.29 is 0 Å². The summed E-state index contributed by atoms with van der Waals surface area (Å²) in [5, 5.41) is 0. The van der Waals surface area contributed by atoms with E-state index >= 15 is 0 Å². The standard InChI is InChI=1S/C15H17ClSi/c16-17-12-11-15(13-7-3-1-4-8-13)14-9-5-2-6-10-14/h1-10,15H,11-12,17H2. The first-order chi connectivity index (χ1) is 8.42. The molecule has 0 atom stereocenters. The molecule has 0 aliphatic rings. The van der Waals surface area contributed by atoms with E-state index in [2.05, 4.69) is 60.7 Å². The van der Waals surface area contributed by atoms with Gasteiger partial charge in [0.15, 0.2) is 0 Å². The van der Waals surface area contributed by atoms with Crippen molar-refractivity contribution in [2.45, 2.75) is 18.4 Å². The van der Waals surface area contributed by atoms with Crippen molar-refractivity contribution in [1.82, 2.24) is 0 Å². The van der Waals surface area contributed by atoms with Gasteiger partial charge in [-0.25, -0.2) is 0 Å². The van der Waals surface area contributed by atoms with Gasteiger partial charge in [0.05, 0.1) is 0 Å². The van der Waals surface area contributed by atoms with Crippen LogP contribution in [0.1, 0.15) is 23.5 Å². The molecule has 0 heterocycles. The van der Waals surface area contributed by atoms with Crippen LogP contribution in [0.4, 0.5) is 0 Å². The van der Waals surface area contributed by atoms with Crippen LogP contribution in [0.5, 0.6) is 0 Å². The zero-order chi connectivity index (χ0) is 11.9. The Morgan fingerprint density at radius 2 is 1.29 bits per heavy atom. The van der Waals surface area contributed by atoms with Crippen LogP contribution in [0.15, 0.2) is 60.7 Å². The third-order valence-electron chi connectivity index (χ3n) is 3.03. The minimum Gasteiger partial charge on any atom is -0.176 e. The zero-order valence-corrected chi connectivity index (χ0v) is 12.0. The van der Waals surface area contributed by atoms with Crippen LogP contribution < -0.4 is 0 Å². The lowest BCUT2D eigenvalue weighted by Crippen LogP contribution is -2.01. The number of hydrogen-bond donors (Lipinski definition) is 0. The summed E-state index contributed by atoms with van der Waals surface area (Å²) in [4.78, 5) is 0. The largest absolute Gasteiger partial charge is 0.176 e. The van der Waals surface area contributed by atoms with Crippen molar-refractivity contribution >= 4 is 19.9 Å². The molecule has 2 aromatic rings. The summed E-state index contributed by atoms with van der Waals surface area (Å²) in [5.41, 5.74) is 2.80. The van der Waals surface area contributed by atoms with Gasteiger partial charge in [-0.15, -0.1) is 0 Å². The van der Waals surface area contributed by atoms with Crippen molar-refractivity contribution in [3.63, 3.8) is 0 Å². The highest BCUT2D eigenvalue weighted by Gasteiger charge is 2.12. The molecular weight excluding hydrogens is 244 g/mol. The Hall–Kier alpha value is -1.05. The predicted molar refractivity (Wildman–Crippen MR) is 78.5 cm³/mol. The summed E-state index contributed by atoms with van der Waals surface area (Å²) in [6.45, 7) is 0. The maximum Gasteiger partial charge on any atom is 0.125 e. The number of hydrogen-bond acceptors (Lipinski definition) is 0. The van der Waals surface area contributed by atoms with E-state index in [1.165, 1.54) is 23.6 Å². The molecule has 2 heteroatoms. The van der Waals surface area contributed by atoms with E-state index in [1.54, 1.807) is 0 Å². The Kier molecular flexibility index (Phi) is 4.84. The molecule has 2 rings (SSSR count). The second kappa shape index (κ2) is 6.63. The average molecular weight is 261 g/mol. The Morgan fingerprint density at radius 3 is 1.71 bits per heavy atom. The van der Waals surface area contributed by atoms with Crippen LogP contribution in [0, 0.1) is 0 Å².